The summed E-state index contributed by atoms with van der Waals surface area (Å²) in [4.78, 5) is 21.5. The zero-order valence-electron chi connectivity index (χ0n) is 13.1. The Hall–Kier alpha value is -2.73. The van der Waals surface area contributed by atoms with Gasteiger partial charge >= 0.3 is 0 Å². The predicted octanol–water partition coefficient (Wildman–Crippen LogP) is 3.18. The van der Waals surface area contributed by atoms with Crippen LogP contribution < -0.4 is 5.43 Å². The Morgan fingerprint density at radius 2 is 2.17 bits per heavy atom. The normalized spacial score (nSPS) is 11.0. The molecule has 3 aromatic rings. The van der Waals surface area contributed by atoms with Crippen LogP contribution >= 0.6 is 11.8 Å². The van der Waals surface area contributed by atoms with E-state index in [0.717, 1.165) is 27.1 Å². The molecule has 1 amide bonds. The van der Waals surface area contributed by atoms with E-state index >= 15 is 0 Å². The molecule has 0 atom stereocenters. The first-order valence-corrected chi connectivity index (χ1v) is 8.42. The molecule has 0 radical (unpaired) electrons. The van der Waals surface area contributed by atoms with Crippen molar-refractivity contribution in [2.45, 2.75) is 11.8 Å². The number of nitrogens with zero attached hydrogens (tertiary/aromatic N) is 3. The molecule has 1 aromatic carbocycles. The van der Waals surface area contributed by atoms with Crippen LogP contribution in [-0.2, 0) is 4.79 Å². The number of amides is 1. The second-order valence-corrected chi connectivity index (χ2v) is 6.16. The smallest absolute Gasteiger partial charge is 0.250 e. The van der Waals surface area contributed by atoms with Gasteiger partial charge < -0.3 is 0 Å². The highest BCUT2D eigenvalue weighted by Crippen LogP contribution is 2.27. The van der Waals surface area contributed by atoms with Gasteiger partial charge in [-0.1, -0.05) is 24.3 Å². The van der Waals surface area contributed by atoms with E-state index in [4.69, 9.17) is 0 Å². The Morgan fingerprint density at radius 1 is 1.29 bits per heavy atom. The lowest BCUT2D eigenvalue weighted by Crippen LogP contribution is -2.19. The van der Waals surface area contributed by atoms with E-state index in [1.165, 1.54) is 11.8 Å². The van der Waals surface area contributed by atoms with Gasteiger partial charge in [-0.2, -0.15) is 5.10 Å². The number of benzene rings is 1. The zero-order valence-corrected chi connectivity index (χ0v) is 14.0. The Kier molecular flexibility index (Phi) is 5.18. The summed E-state index contributed by atoms with van der Waals surface area (Å²) < 4.78 is 0. The third kappa shape index (κ3) is 4.17. The van der Waals surface area contributed by atoms with Crippen LogP contribution in [-0.4, -0.2) is 27.8 Å². The van der Waals surface area contributed by atoms with Crippen molar-refractivity contribution in [3.05, 3.63) is 66.1 Å². The molecule has 24 heavy (non-hydrogen) atoms. The molecule has 3 rings (SSSR count). The highest BCUT2D eigenvalue weighted by Gasteiger charge is 2.07. The van der Waals surface area contributed by atoms with E-state index in [-0.39, 0.29) is 11.7 Å². The highest BCUT2D eigenvalue weighted by molar-refractivity contribution is 8.00. The van der Waals surface area contributed by atoms with Crippen LogP contribution in [0.4, 0.5) is 0 Å². The van der Waals surface area contributed by atoms with Crippen molar-refractivity contribution in [3.8, 4) is 0 Å². The molecule has 0 saturated carbocycles. The Balaban J connectivity index is 1.61. The number of pyridine rings is 2. The minimum absolute atomic E-state index is 0.154. The maximum atomic E-state index is 12.0. The molecule has 0 unspecified atom stereocenters. The maximum absolute atomic E-state index is 12.0. The standard InChI is InChI=1S/C18H16N4OS/c1-13-9-17(15-6-2-3-7-16(15)21-13)24-12-18(23)22-20-11-14-5-4-8-19-10-14/h2-11H,12H2,1H3,(H,22,23). The van der Waals surface area contributed by atoms with Crippen LogP contribution in [0.3, 0.4) is 0 Å². The number of nitrogens with one attached hydrogen (secondary N) is 1. The average molecular weight is 336 g/mol. The molecule has 1 N–H and O–H groups in total. The third-order valence-electron chi connectivity index (χ3n) is 3.25. The SMILES string of the molecule is Cc1cc(SCC(=O)NN=Cc2cccnc2)c2ccccc2n1. The summed E-state index contributed by atoms with van der Waals surface area (Å²) in [5, 5.41) is 5.00. The van der Waals surface area contributed by atoms with Gasteiger partial charge in [0.05, 0.1) is 17.5 Å². The van der Waals surface area contributed by atoms with Crippen molar-refractivity contribution in [3.63, 3.8) is 0 Å². The number of carbonyl (C=O) groups is 1. The molecule has 0 saturated heterocycles. The molecular formula is C18H16N4OS. The number of thioether (sulfide) groups is 1. The first-order valence-electron chi connectivity index (χ1n) is 7.43. The number of fused-ring (bicyclic) bond motifs is 1. The van der Waals surface area contributed by atoms with Gasteiger partial charge in [0.2, 0.25) is 5.91 Å². The van der Waals surface area contributed by atoms with Gasteiger partial charge in [0.25, 0.3) is 0 Å². The molecule has 0 spiro atoms. The predicted molar refractivity (Wildman–Crippen MR) is 97.2 cm³/mol. The summed E-state index contributed by atoms with van der Waals surface area (Å²) in [6, 6.07) is 13.6. The summed E-state index contributed by atoms with van der Waals surface area (Å²) in [5.41, 5.74) is 5.24. The highest BCUT2D eigenvalue weighted by atomic mass is 32.2. The van der Waals surface area contributed by atoms with E-state index in [1.807, 2.05) is 49.4 Å². The summed E-state index contributed by atoms with van der Waals surface area (Å²) in [5.74, 6) is 0.136. The van der Waals surface area contributed by atoms with Crippen LogP contribution in [0.25, 0.3) is 10.9 Å². The van der Waals surface area contributed by atoms with Gasteiger partial charge in [0, 0.05) is 33.9 Å². The van der Waals surface area contributed by atoms with Crippen LogP contribution in [0.2, 0.25) is 0 Å². The lowest BCUT2D eigenvalue weighted by molar-refractivity contribution is -0.118. The number of rotatable bonds is 5. The molecule has 0 aliphatic heterocycles. The first-order chi connectivity index (χ1) is 11.7. The quantitative estimate of drug-likeness (QED) is 0.441. The van der Waals surface area contributed by atoms with Crippen molar-refractivity contribution >= 4 is 34.8 Å². The summed E-state index contributed by atoms with van der Waals surface area (Å²) >= 11 is 1.48. The molecule has 6 heteroatoms. The summed E-state index contributed by atoms with van der Waals surface area (Å²) in [6.45, 7) is 1.95. The maximum Gasteiger partial charge on any atom is 0.250 e. The van der Waals surface area contributed by atoms with Gasteiger partial charge in [-0.3, -0.25) is 14.8 Å². The van der Waals surface area contributed by atoms with Crippen LogP contribution in [0.5, 0.6) is 0 Å². The summed E-state index contributed by atoms with van der Waals surface area (Å²) in [6.07, 6.45) is 4.94. The fourth-order valence-electron chi connectivity index (χ4n) is 2.20. The molecule has 5 nitrogen and oxygen atoms in total. The number of aromatic nitrogens is 2. The molecule has 120 valence electrons. The van der Waals surface area contributed by atoms with Crippen molar-refractivity contribution in [2.24, 2.45) is 5.10 Å². The van der Waals surface area contributed by atoms with Crippen molar-refractivity contribution in [1.82, 2.24) is 15.4 Å². The van der Waals surface area contributed by atoms with Crippen LogP contribution in [0.1, 0.15) is 11.3 Å². The summed E-state index contributed by atoms with van der Waals surface area (Å²) in [7, 11) is 0. The van der Waals surface area contributed by atoms with Gasteiger partial charge in [-0.05, 0) is 25.1 Å². The second-order valence-electron chi connectivity index (χ2n) is 5.15. The lowest BCUT2D eigenvalue weighted by atomic mass is 10.2. The van der Waals surface area contributed by atoms with Gasteiger partial charge in [0.15, 0.2) is 0 Å². The van der Waals surface area contributed by atoms with E-state index < -0.39 is 0 Å². The molecule has 0 aliphatic rings. The number of para-hydroxylation sites is 1. The largest absolute Gasteiger partial charge is 0.272 e. The van der Waals surface area contributed by atoms with Gasteiger partial charge in [-0.15, -0.1) is 11.8 Å². The van der Waals surface area contributed by atoms with E-state index in [9.17, 15) is 4.79 Å². The zero-order chi connectivity index (χ0) is 16.8. The number of aryl methyl sites for hydroxylation is 1. The fourth-order valence-corrected chi connectivity index (χ4v) is 3.13. The fraction of sp³-hybridized carbons (Fsp3) is 0.111. The number of hydrogen-bond donors (Lipinski definition) is 1. The molecular weight excluding hydrogens is 320 g/mol. The van der Waals surface area contributed by atoms with E-state index in [2.05, 4.69) is 20.5 Å². The van der Waals surface area contributed by atoms with Gasteiger partial charge in [-0.25, -0.2) is 5.43 Å². The minimum Gasteiger partial charge on any atom is -0.272 e. The molecule has 2 aromatic heterocycles. The van der Waals surface area contributed by atoms with E-state index in [1.54, 1.807) is 18.6 Å². The van der Waals surface area contributed by atoms with Crippen molar-refractivity contribution in [1.29, 1.82) is 0 Å². The lowest BCUT2D eigenvalue weighted by Gasteiger charge is -2.07. The Labute approximate surface area is 144 Å². The third-order valence-corrected chi connectivity index (χ3v) is 4.31. The molecule has 2 heterocycles. The minimum atomic E-state index is -0.154. The Bertz CT molecular complexity index is 881. The van der Waals surface area contributed by atoms with Crippen molar-refractivity contribution < 1.29 is 4.79 Å². The first kappa shape index (κ1) is 16.1. The Morgan fingerprint density at radius 3 is 3.00 bits per heavy atom. The topological polar surface area (TPSA) is 67.2 Å². The molecule has 0 fully saturated rings. The van der Waals surface area contributed by atoms with E-state index in [0.29, 0.717) is 0 Å². The van der Waals surface area contributed by atoms with Crippen molar-refractivity contribution in [2.75, 3.05) is 5.75 Å². The van der Waals surface area contributed by atoms with Gasteiger partial charge in [0.1, 0.15) is 0 Å². The van der Waals surface area contributed by atoms with Crippen LogP contribution in [0, 0.1) is 6.92 Å². The number of carbonyl (C=O) groups excluding carboxylic acids is 1. The molecule has 0 aliphatic carbocycles. The monoisotopic (exact) mass is 336 g/mol. The number of hydrogen-bond acceptors (Lipinski definition) is 5. The van der Waals surface area contributed by atoms with Crippen LogP contribution in [0.15, 0.2) is 64.9 Å². The second kappa shape index (κ2) is 7.70. The number of hydrazone groups is 1. The average Bonchev–Trinajstić information content (AvgIpc) is 2.60. The molecule has 0 bridgehead atoms.